The van der Waals surface area contributed by atoms with Crippen molar-refractivity contribution in [3.8, 4) is 17.2 Å². The summed E-state index contributed by atoms with van der Waals surface area (Å²) in [6.07, 6.45) is 1.50. The summed E-state index contributed by atoms with van der Waals surface area (Å²) in [5.41, 5.74) is -0.436. The molecule has 0 saturated carbocycles. The minimum absolute atomic E-state index is 0.0759. The molecule has 12 heteroatoms. The Morgan fingerprint density at radius 2 is 1.72 bits per heavy atom. The van der Waals surface area contributed by atoms with Crippen LogP contribution in [0.5, 0.6) is 11.5 Å². The number of aromatic nitrogens is 3. The van der Waals surface area contributed by atoms with Crippen molar-refractivity contribution in [1.82, 2.24) is 19.2 Å². The van der Waals surface area contributed by atoms with Crippen molar-refractivity contribution in [2.75, 3.05) is 0 Å². The van der Waals surface area contributed by atoms with Crippen molar-refractivity contribution in [1.29, 1.82) is 0 Å². The minimum Gasteiger partial charge on any atom is -0.483 e. The Hall–Kier alpha value is -4.87. The van der Waals surface area contributed by atoms with Crippen molar-refractivity contribution in [2.24, 2.45) is 5.92 Å². The lowest BCUT2D eigenvalue weighted by Crippen LogP contribution is -2.46. The molecule has 46 heavy (non-hydrogen) atoms. The fourth-order valence-electron chi connectivity index (χ4n) is 5.83. The number of carbonyl (C=O) groups is 3. The number of rotatable bonds is 7. The number of ether oxygens (including phenoxy) is 3. The van der Waals surface area contributed by atoms with Gasteiger partial charge in [0.05, 0.1) is 12.2 Å². The number of esters is 1. The molecular formula is C34H40N4O8. The second kappa shape index (κ2) is 11.8. The van der Waals surface area contributed by atoms with Crippen LogP contribution >= 0.6 is 0 Å². The summed E-state index contributed by atoms with van der Waals surface area (Å²) in [4.78, 5) is 65.0. The van der Waals surface area contributed by atoms with Gasteiger partial charge in [0.15, 0.2) is 5.78 Å². The molecule has 2 aromatic carbocycles. The molecular weight excluding hydrogens is 592 g/mol. The highest BCUT2D eigenvalue weighted by Crippen LogP contribution is 2.47. The SMILES string of the molecule is CC(=O)c1ccc(-n2c(=O)n3n(c2=O)C2C(=CC3)C(C)(C)Oc3cc(OC(=O)[C@H](CC(C)C)NC(=O)OC(C)(C)C)ccc32)cc1. The van der Waals surface area contributed by atoms with E-state index in [9.17, 15) is 24.0 Å². The first-order valence-corrected chi connectivity index (χ1v) is 15.3. The molecule has 1 unspecified atom stereocenters. The number of nitrogens with one attached hydrogen (secondary N) is 1. The molecule has 244 valence electrons. The molecule has 3 aromatic rings. The van der Waals surface area contributed by atoms with Crippen molar-refractivity contribution < 1.29 is 28.6 Å². The van der Waals surface area contributed by atoms with E-state index in [0.29, 0.717) is 29.0 Å². The molecule has 0 fully saturated rings. The van der Waals surface area contributed by atoms with E-state index in [4.69, 9.17) is 14.2 Å². The van der Waals surface area contributed by atoms with Crippen LogP contribution in [-0.2, 0) is 16.1 Å². The molecule has 0 saturated heterocycles. The predicted molar refractivity (Wildman–Crippen MR) is 170 cm³/mol. The maximum Gasteiger partial charge on any atom is 0.408 e. The first-order valence-electron chi connectivity index (χ1n) is 15.3. The van der Waals surface area contributed by atoms with Crippen LogP contribution in [0, 0.1) is 5.92 Å². The van der Waals surface area contributed by atoms with Gasteiger partial charge in [-0.3, -0.25) is 4.79 Å². The Morgan fingerprint density at radius 1 is 1.04 bits per heavy atom. The van der Waals surface area contributed by atoms with Crippen LogP contribution in [0.4, 0.5) is 4.79 Å². The average Bonchev–Trinajstić information content (AvgIpc) is 3.20. The highest BCUT2D eigenvalue weighted by atomic mass is 16.6. The van der Waals surface area contributed by atoms with Crippen molar-refractivity contribution in [3.63, 3.8) is 0 Å². The lowest BCUT2D eigenvalue weighted by molar-refractivity contribution is -0.137. The van der Waals surface area contributed by atoms with E-state index in [1.54, 1.807) is 63.2 Å². The van der Waals surface area contributed by atoms with Gasteiger partial charge in [-0.25, -0.2) is 33.1 Å². The molecule has 1 amide bonds. The standard InChI is InChI=1S/C34H40N4O8/c1-19(2)17-26(35-30(41)46-33(4,5)6)29(40)44-23-13-14-24-27(18-23)45-34(7,8)25-15-16-36-31(42)37(32(43)38(36)28(24)25)22-11-9-21(10-12-22)20(3)39/h9-15,18-19,26,28H,16-17H2,1-8H3,(H,35,41)/t26-,28?/m0/s1. The fourth-order valence-corrected chi connectivity index (χ4v) is 5.83. The summed E-state index contributed by atoms with van der Waals surface area (Å²) in [6, 6.07) is 9.57. The molecule has 2 atom stereocenters. The summed E-state index contributed by atoms with van der Waals surface area (Å²) in [7, 11) is 0. The third-order valence-electron chi connectivity index (χ3n) is 7.86. The summed E-state index contributed by atoms with van der Waals surface area (Å²) in [5.74, 6) is -0.140. The largest absolute Gasteiger partial charge is 0.483 e. The number of benzene rings is 2. The molecule has 1 N–H and O–H groups in total. The third kappa shape index (κ3) is 6.29. The Labute approximate surface area is 266 Å². The van der Waals surface area contributed by atoms with Gasteiger partial charge in [0.25, 0.3) is 0 Å². The van der Waals surface area contributed by atoms with Crippen LogP contribution in [0.25, 0.3) is 5.69 Å². The van der Waals surface area contributed by atoms with E-state index in [0.717, 1.165) is 10.1 Å². The topological polar surface area (TPSA) is 140 Å². The molecule has 2 aliphatic heterocycles. The maximum absolute atomic E-state index is 13.9. The van der Waals surface area contributed by atoms with E-state index in [-0.39, 0.29) is 24.0 Å². The quantitative estimate of drug-likeness (QED) is 0.173. The second-order valence-corrected chi connectivity index (χ2v) is 13.6. The van der Waals surface area contributed by atoms with Crippen LogP contribution in [0.3, 0.4) is 0 Å². The predicted octanol–water partition coefficient (Wildman–Crippen LogP) is 4.55. The molecule has 0 spiro atoms. The highest BCUT2D eigenvalue weighted by molar-refractivity contribution is 5.94. The molecule has 0 bridgehead atoms. The average molecular weight is 633 g/mol. The van der Waals surface area contributed by atoms with Crippen LogP contribution < -0.4 is 26.2 Å². The fraction of sp³-hybridized carbons (Fsp3) is 0.441. The van der Waals surface area contributed by atoms with Gasteiger partial charge in [-0.1, -0.05) is 19.9 Å². The molecule has 1 aromatic heterocycles. The van der Waals surface area contributed by atoms with Gasteiger partial charge in [-0.2, -0.15) is 0 Å². The first kappa shape index (κ1) is 32.5. The van der Waals surface area contributed by atoms with Gasteiger partial charge >= 0.3 is 23.4 Å². The van der Waals surface area contributed by atoms with E-state index >= 15 is 0 Å². The minimum atomic E-state index is -0.951. The number of amides is 1. The number of nitrogens with zero attached hydrogens (tertiary/aromatic N) is 3. The normalized spacial score (nSPS) is 17.1. The van der Waals surface area contributed by atoms with Crippen molar-refractivity contribution in [2.45, 2.75) is 91.6 Å². The van der Waals surface area contributed by atoms with E-state index in [1.165, 1.54) is 16.3 Å². The summed E-state index contributed by atoms with van der Waals surface area (Å²) >= 11 is 0. The zero-order valence-electron chi connectivity index (χ0n) is 27.4. The molecule has 0 aliphatic carbocycles. The number of carbonyl (C=O) groups excluding carboxylic acids is 3. The first-order chi connectivity index (χ1) is 21.5. The Kier molecular flexibility index (Phi) is 8.35. The summed E-state index contributed by atoms with van der Waals surface area (Å²) in [6.45, 7) is 14.4. The highest BCUT2D eigenvalue weighted by Gasteiger charge is 2.44. The zero-order valence-corrected chi connectivity index (χ0v) is 27.4. The molecule has 12 nitrogen and oxygen atoms in total. The smallest absolute Gasteiger partial charge is 0.408 e. The summed E-state index contributed by atoms with van der Waals surface area (Å²) in [5, 5.41) is 2.62. The third-order valence-corrected chi connectivity index (χ3v) is 7.86. The number of alkyl carbamates (subject to hydrolysis) is 1. The van der Waals surface area contributed by atoms with E-state index in [1.807, 2.05) is 33.8 Å². The Bertz CT molecular complexity index is 1850. The van der Waals surface area contributed by atoms with Gasteiger partial charge in [0.2, 0.25) is 0 Å². The van der Waals surface area contributed by atoms with Crippen LogP contribution in [0.1, 0.15) is 83.8 Å². The molecule has 2 aliphatic rings. The van der Waals surface area contributed by atoms with E-state index < -0.39 is 46.7 Å². The number of allylic oxidation sites excluding steroid dienone is 1. The zero-order chi connectivity index (χ0) is 33.7. The lowest BCUT2D eigenvalue weighted by atomic mass is 9.83. The number of hydrogen-bond acceptors (Lipinski definition) is 8. The molecule has 3 heterocycles. The van der Waals surface area contributed by atoms with Crippen LogP contribution in [0.15, 0.2) is 63.7 Å². The molecule has 5 rings (SSSR count). The number of fused-ring (bicyclic) bond motifs is 5. The van der Waals surface area contributed by atoms with Crippen LogP contribution in [0.2, 0.25) is 0 Å². The van der Waals surface area contributed by atoms with Gasteiger partial charge in [-0.05, 0) is 95.9 Å². The molecule has 0 radical (unpaired) electrons. The Balaban J connectivity index is 1.49. The second-order valence-electron chi connectivity index (χ2n) is 13.6. The lowest BCUT2D eigenvalue weighted by Gasteiger charge is -2.42. The van der Waals surface area contributed by atoms with E-state index in [2.05, 4.69) is 5.32 Å². The monoisotopic (exact) mass is 632 g/mol. The summed E-state index contributed by atoms with van der Waals surface area (Å²) < 4.78 is 21.3. The Morgan fingerprint density at radius 3 is 2.33 bits per heavy atom. The van der Waals surface area contributed by atoms with Gasteiger partial charge in [-0.15, -0.1) is 0 Å². The van der Waals surface area contributed by atoms with Crippen molar-refractivity contribution >= 4 is 17.8 Å². The number of hydrogen-bond donors (Lipinski definition) is 1. The van der Waals surface area contributed by atoms with Gasteiger partial charge < -0.3 is 19.5 Å². The number of ketones is 1. The number of Topliss-reactive ketones (excluding diaryl/α,β-unsaturated/α-hetero) is 1. The van der Waals surface area contributed by atoms with Gasteiger partial charge in [0, 0.05) is 17.2 Å². The van der Waals surface area contributed by atoms with Crippen LogP contribution in [-0.4, -0.2) is 49.0 Å². The van der Waals surface area contributed by atoms with Crippen molar-refractivity contribution in [3.05, 3.63) is 86.2 Å². The maximum atomic E-state index is 13.9. The van der Waals surface area contributed by atoms with Gasteiger partial charge in [0.1, 0.15) is 34.8 Å².